The molecule has 0 saturated carbocycles. The van der Waals surface area contributed by atoms with E-state index in [0.717, 1.165) is 16.9 Å². The van der Waals surface area contributed by atoms with Crippen LogP contribution in [0, 0.1) is 0 Å². The monoisotopic (exact) mass is 444 g/mol. The molecule has 0 aliphatic carbocycles. The molecule has 4 rings (SSSR count). The highest BCUT2D eigenvalue weighted by molar-refractivity contribution is 6.05. The lowest BCUT2D eigenvalue weighted by atomic mass is 9.79. The van der Waals surface area contributed by atoms with Crippen molar-refractivity contribution >= 4 is 17.5 Å². The molecule has 0 saturated heterocycles. The lowest BCUT2D eigenvalue weighted by Crippen LogP contribution is -2.46. The molecule has 3 aromatic rings. The van der Waals surface area contributed by atoms with Crippen LogP contribution in [0.15, 0.2) is 72.8 Å². The van der Waals surface area contributed by atoms with Crippen LogP contribution in [0.5, 0.6) is 11.5 Å². The number of amides is 2. The summed E-state index contributed by atoms with van der Waals surface area (Å²) < 4.78 is 11.1. The number of anilines is 1. The van der Waals surface area contributed by atoms with Crippen LogP contribution in [-0.2, 0) is 4.79 Å². The van der Waals surface area contributed by atoms with Crippen molar-refractivity contribution in [2.24, 2.45) is 0 Å². The number of benzene rings is 3. The van der Waals surface area contributed by atoms with Gasteiger partial charge < -0.3 is 19.3 Å². The molecule has 2 atom stereocenters. The Kier molecular flexibility index (Phi) is 6.36. The Morgan fingerprint density at radius 1 is 1.00 bits per heavy atom. The van der Waals surface area contributed by atoms with Crippen molar-refractivity contribution in [2.45, 2.75) is 18.9 Å². The number of hydrogen-bond acceptors (Lipinski definition) is 4. The molecule has 1 aliphatic rings. The van der Waals surface area contributed by atoms with Gasteiger partial charge in [-0.1, -0.05) is 42.5 Å². The number of hydrogen-bond donors (Lipinski definition) is 0. The Morgan fingerprint density at radius 2 is 1.67 bits per heavy atom. The average Bonchev–Trinajstić information content (AvgIpc) is 2.86. The van der Waals surface area contributed by atoms with Crippen molar-refractivity contribution in [3.8, 4) is 11.5 Å². The minimum absolute atomic E-state index is 0.104. The predicted molar refractivity (Wildman–Crippen MR) is 128 cm³/mol. The molecule has 1 heterocycles. The molecule has 0 unspecified atom stereocenters. The first-order valence-electron chi connectivity index (χ1n) is 11.0. The lowest BCUT2D eigenvalue weighted by molar-refractivity contribution is -0.121. The van der Waals surface area contributed by atoms with Crippen LogP contribution in [0.4, 0.5) is 5.69 Å². The summed E-state index contributed by atoms with van der Waals surface area (Å²) in [5.41, 5.74) is 2.84. The van der Waals surface area contributed by atoms with E-state index in [9.17, 15) is 9.59 Å². The standard InChI is InChI=1S/C27H28N2O4/c1-5-33-23-13-9-8-12-22(23)28(2)27(31)24-20-10-6-7-11-21(20)26(30)29(3)25(24)18-14-16-19(32-4)17-15-18/h6-17,24-25H,5H2,1-4H3/t24-,25+/m1/s1. The average molecular weight is 445 g/mol. The molecule has 6 nitrogen and oxygen atoms in total. The molecule has 1 aliphatic heterocycles. The van der Waals surface area contributed by atoms with Crippen LogP contribution in [0.3, 0.4) is 0 Å². The second-order valence-corrected chi connectivity index (χ2v) is 8.00. The molecular weight excluding hydrogens is 416 g/mol. The maximum atomic E-state index is 14.1. The fourth-order valence-electron chi connectivity index (χ4n) is 4.50. The summed E-state index contributed by atoms with van der Waals surface area (Å²) in [5, 5.41) is 0. The minimum Gasteiger partial charge on any atom is -0.497 e. The quantitative estimate of drug-likeness (QED) is 0.555. The molecule has 0 N–H and O–H groups in total. The number of carbonyl (C=O) groups is 2. The molecule has 3 aromatic carbocycles. The van der Waals surface area contributed by atoms with Gasteiger partial charge in [0.15, 0.2) is 0 Å². The molecule has 0 bridgehead atoms. The Hall–Kier alpha value is -3.80. The van der Waals surface area contributed by atoms with Crippen molar-refractivity contribution in [3.05, 3.63) is 89.5 Å². The zero-order valence-electron chi connectivity index (χ0n) is 19.3. The summed E-state index contributed by atoms with van der Waals surface area (Å²) in [6.07, 6.45) is 0. The van der Waals surface area contributed by atoms with E-state index in [1.165, 1.54) is 0 Å². The third-order valence-corrected chi connectivity index (χ3v) is 6.16. The molecule has 6 heteroatoms. The summed E-state index contributed by atoms with van der Waals surface area (Å²) >= 11 is 0. The predicted octanol–water partition coefficient (Wildman–Crippen LogP) is 4.67. The zero-order valence-corrected chi connectivity index (χ0v) is 19.3. The first-order valence-corrected chi connectivity index (χ1v) is 11.0. The number of ether oxygens (including phenoxy) is 2. The number of rotatable bonds is 6. The van der Waals surface area contributed by atoms with E-state index in [0.29, 0.717) is 23.6 Å². The fraction of sp³-hybridized carbons (Fsp3) is 0.259. The van der Waals surface area contributed by atoms with Gasteiger partial charge in [-0.2, -0.15) is 0 Å². The summed E-state index contributed by atoms with van der Waals surface area (Å²) in [7, 11) is 5.12. The van der Waals surface area contributed by atoms with Gasteiger partial charge in [-0.15, -0.1) is 0 Å². The van der Waals surface area contributed by atoms with Crippen molar-refractivity contribution < 1.29 is 19.1 Å². The SMILES string of the molecule is CCOc1ccccc1N(C)C(=O)[C@@H]1c2ccccc2C(=O)N(C)[C@H]1c1ccc(OC)cc1. The van der Waals surface area contributed by atoms with Crippen LogP contribution in [-0.4, -0.2) is 44.5 Å². The molecule has 33 heavy (non-hydrogen) atoms. The molecule has 170 valence electrons. The molecule has 0 radical (unpaired) electrons. The maximum Gasteiger partial charge on any atom is 0.254 e. The summed E-state index contributed by atoms with van der Waals surface area (Å²) in [6.45, 7) is 2.41. The number of carbonyl (C=O) groups excluding carboxylic acids is 2. The molecular formula is C27H28N2O4. The van der Waals surface area contributed by atoms with Gasteiger partial charge in [-0.25, -0.2) is 0 Å². The number of para-hydroxylation sites is 2. The molecule has 0 fully saturated rings. The van der Waals surface area contributed by atoms with Crippen LogP contribution < -0.4 is 14.4 Å². The molecule has 2 amide bonds. The fourth-order valence-corrected chi connectivity index (χ4v) is 4.50. The largest absolute Gasteiger partial charge is 0.497 e. The van der Waals surface area contributed by atoms with Gasteiger partial charge in [0, 0.05) is 19.7 Å². The van der Waals surface area contributed by atoms with Gasteiger partial charge in [-0.3, -0.25) is 9.59 Å². The Balaban J connectivity index is 1.83. The van der Waals surface area contributed by atoms with Crippen LogP contribution in [0.25, 0.3) is 0 Å². The van der Waals surface area contributed by atoms with Gasteiger partial charge in [0.1, 0.15) is 11.5 Å². The Bertz CT molecular complexity index is 1160. The van der Waals surface area contributed by atoms with Crippen molar-refractivity contribution in [2.75, 3.05) is 32.7 Å². The van der Waals surface area contributed by atoms with E-state index in [1.807, 2.05) is 73.7 Å². The normalized spacial score (nSPS) is 17.3. The smallest absolute Gasteiger partial charge is 0.254 e. The second kappa shape index (κ2) is 9.36. The highest BCUT2D eigenvalue weighted by Crippen LogP contribution is 2.44. The number of methoxy groups -OCH3 is 1. The summed E-state index contributed by atoms with van der Waals surface area (Å²) in [5.74, 6) is 0.555. The summed E-state index contributed by atoms with van der Waals surface area (Å²) in [6, 6.07) is 21.9. The lowest BCUT2D eigenvalue weighted by Gasteiger charge is -2.41. The second-order valence-electron chi connectivity index (χ2n) is 8.00. The Labute approximate surface area is 194 Å². The van der Waals surface area contributed by atoms with Crippen molar-refractivity contribution in [1.82, 2.24) is 4.90 Å². The van der Waals surface area contributed by atoms with Crippen LogP contribution >= 0.6 is 0 Å². The van der Waals surface area contributed by atoms with Gasteiger partial charge >= 0.3 is 0 Å². The summed E-state index contributed by atoms with van der Waals surface area (Å²) in [4.78, 5) is 30.6. The van der Waals surface area contributed by atoms with Gasteiger partial charge in [0.25, 0.3) is 5.91 Å². The van der Waals surface area contributed by atoms with Crippen molar-refractivity contribution in [1.29, 1.82) is 0 Å². The topological polar surface area (TPSA) is 59.1 Å². The first kappa shape index (κ1) is 22.4. The van der Waals surface area contributed by atoms with E-state index < -0.39 is 12.0 Å². The first-order chi connectivity index (χ1) is 16.0. The minimum atomic E-state index is -0.586. The van der Waals surface area contributed by atoms with E-state index in [4.69, 9.17) is 9.47 Å². The van der Waals surface area contributed by atoms with Gasteiger partial charge in [0.05, 0.1) is 31.4 Å². The number of likely N-dealkylation sites (N-methyl/N-ethyl adjacent to an activating group) is 2. The molecule has 0 spiro atoms. The van der Waals surface area contributed by atoms with Gasteiger partial charge in [0.2, 0.25) is 5.91 Å². The van der Waals surface area contributed by atoms with E-state index >= 15 is 0 Å². The van der Waals surface area contributed by atoms with E-state index in [-0.39, 0.29) is 11.8 Å². The number of nitrogens with zero attached hydrogens (tertiary/aromatic N) is 2. The zero-order chi connectivity index (χ0) is 23.5. The maximum absolute atomic E-state index is 14.1. The van der Waals surface area contributed by atoms with Crippen LogP contribution in [0.2, 0.25) is 0 Å². The molecule has 0 aromatic heterocycles. The van der Waals surface area contributed by atoms with Crippen LogP contribution in [0.1, 0.15) is 40.4 Å². The third-order valence-electron chi connectivity index (χ3n) is 6.16. The van der Waals surface area contributed by atoms with E-state index in [1.54, 1.807) is 37.1 Å². The highest BCUT2D eigenvalue weighted by atomic mass is 16.5. The third kappa shape index (κ3) is 4.04. The van der Waals surface area contributed by atoms with E-state index in [2.05, 4.69) is 0 Å². The Morgan fingerprint density at radius 3 is 2.36 bits per heavy atom. The van der Waals surface area contributed by atoms with Gasteiger partial charge in [-0.05, 0) is 48.4 Å². The number of fused-ring (bicyclic) bond motifs is 1. The van der Waals surface area contributed by atoms with Crippen molar-refractivity contribution in [3.63, 3.8) is 0 Å². The highest BCUT2D eigenvalue weighted by Gasteiger charge is 2.44.